The third-order valence-electron chi connectivity index (χ3n) is 3.05. The van der Waals surface area contributed by atoms with E-state index in [0.717, 1.165) is 10.7 Å². The Kier molecular flexibility index (Phi) is 5.22. The predicted octanol–water partition coefficient (Wildman–Crippen LogP) is 1.86. The molecule has 0 saturated heterocycles. The molecular weight excluding hydrogens is 316 g/mol. The van der Waals surface area contributed by atoms with Crippen LogP contribution in [0.2, 0.25) is 0 Å². The number of anilines is 3. The molecule has 1 atom stereocenters. The molecule has 0 radical (unpaired) electrons. The number of Topliss-reactive ketones (excluding diaryl/α,β-unsaturated/α-hetero) is 1. The van der Waals surface area contributed by atoms with Crippen molar-refractivity contribution in [2.75, 3.05) is 10.6 Å². The number of primary amides is 1. The molecule has 0 spiro atoms. The third kappa shape index (κ3) is 4.22. The van der Waals surface area contributed by atoms with E-state index in [-0.39, 0.29) is 11.5 Å². The molecular formula is C14H18N6O2S. The van der Waals surface area contributed by atoms with E-state index in [1.54, 1.807) is 0 Å². The van der Waals surface area contributed by atoms with Crippen LogP contribution in [0.25, 0.3) is 0 Å². The predicted molar refractivity (Wildman–Crippen MR) is 89.1 cm³/mol. The lowest BCUT2D eigenvalue weighted by Gasteiger charge is -2.15. The van der Waals surface area contributed by atoms with Gasteiger partial charge in [0.25, 0.3) is 0 Å². The number of hydrogen-bond acceptors (Lipinski definition) is 8. The van der Waals surface area contributed by atoms with Crippen molar-refractivity contribution in [1.82, 2.24) is 14.3 Å². The molecule has 0 saturated carbocycles. The van der Waals surface area contributed by atoms with E-state index in [1.165, 1.54) is 24.7 Å². The number of aromatic nitrogens is 3. The maximum absolute atomic E-state index is 11.7. The van der Waals surface area contributed by atoms with Crippen molar-refractivity contribution in [3.8, 4) is 0 Å². The maximum Gasteiger partial charge on any atom is 0.239 e. The summed E-state index contributed by atoms with van der Waals surface area (Å²) < 4.78 is 4.16. The highest BCUT2D eigenvalue weighted by molar-refractivity contribution is 7.10. The summed E-state index contributed by atoms with van der Waals surface area (Å²) in [6, 6.07) is 1.29. The molecule has 122 valence electrons. The smallest absolute Gasteiger partial charge is 0.239 e. The number of amides is 1. The highest BCUT2D eigenvalue weighted by atomic mass is 32.1. The van der Waals surface area contributed by atoms with Gasteiger partial charge in [-0.1, -0.05) is 6.92 Å². The van der Waals surface area contributed by atoms with E-state index >= 15 is 0 Å². The molecule has 0 aliphatic rings. The number of nitrogens with zero attached hydrogens (tertiary/aromatic N) is 3. The number of nitrogens with one attached hydrogen (secondary N) is 2. The van der Waals surface area contributed by atoms with Crippen LogP contribution in [-0.4, -0.2) is 32.1 Å². The van der Waals surface area contributed by atoms with E-state index in [4.69, 9.17) is 5.73 Å². The number of nitrogens with two attached hydrogens (primary N) is 1. The van der Waals surface area contributed by atoms with Gasteiger partial charge in [0.1, 0.15) is 22.6 Å². The lowest BCUT2D eigenvalue weighted by Crippen LogP contribution is -2.35. The average Bonchev–Trinajstić information content (AvgIpc) is 2.89. The normalized spacial score (nSPS) is 11.8. The van der Waals surface area contributed by atoms with Gasteiger partial charge in [-0.05, 0) is 30.9 Å². The molecule has 2 aromatic heterocycles. The number of hydrogen-bond donors (Lipinski definition) is 3. The van der Waals surface area contributed by atoms with Gasteiger partial charge in [-0.3, -0.25) is 9.59 Å². The second-order valence-electron chi connectivity index (χ2n) is 4.97. The Morgan fingerprint density at radius 3 is 2.70 bits per heavy atom. The van der Waals surface area contributed by atoms with Crippen LogP contribution in [-0.2, 0) is 4.79 Å². The van der Waals surface area contributed by atoms with Gasteiger partial charge in [0.2, 0.25) is 5.91 Å². The van der Waals surface area contributed by atoms with Crippen molar-refractivity contribution in [2.45, 2.75) is 33.2 Å². The number of ketones is 1. The van der Waals surface area contributed by atoms with Crippen molar-refractivity contribution in [2.24, 2.45) is 5.73 Å². The number of carbonyl (C=O) groups is 2. The van der Waals surface area contributed by atoms with Gasteiger partial charge in [0.05, 0.1) is 11.9 Å². The maximum atomic E-state index is 11.7. The fourth-order valence-corrected chi connectivity index (χ4v) is 2.56. The molecule has 2 rings (SSSR count). The van der Waals surface area contributed by atoms with Crippen LogP contribution in [0.1, 0.15) is 36.5 Å². The molecule has 0 aliphatic carbocycles. The first kappa shape index (κ1) is 16.8. The zero-order chi connectivity index (χ0) is 17.0. The third-order valence-corrected chi connectivity index (χ3v) is 3.85. The zero-order valence-corrected chi connectivity index (χ0v) is 13.9. The van der Waals surface area contributed by atoms with Crippen LogP contribution in [0, 0.1) is 6.92 Å². The Morgan fingerprint density at radius 2 is 2.17 bits per heavy atom. The van der Waals surface area contributed by atoms with Crippen LogP contribution >= 0.6 is 11.5 Å². The average molecular weight is 334 g/mol. The van der Waals surface area contributed by atoms with Crippen LogP contribution in [0.3, 0.4) is 0 Å². The monoisotopic (exact) mass is 334 g/mol. The number of rotatable bonds is 7. The SMILES string of the molecule is CCC(Nc1cnc(C(C)=O)c(Nc2cc(C)ns2)n1)C(N)=O. The standard InChI is InChI=1S/C14H18N6O2S/c1-4-9(13(15)22)17-10-6-16-12(8(3)21)14(18-10)19-11-5-7(2)20-23-11/h5-6,9H,4H2,1-3H3,(H2,15,22)(H2,17,18,19). The van der Waals surface area contributed by atoms with Crippen molar-refractivity contribution in [3.63, 3.8) is 0 Å². The van der Waals surface area contributed by atoms with Crippen molar-refractivity contribution in [1.29, 1.82) is 0 Å². The molecule has 0 bridgehead atoms. The summed E-state index contributed by atoms with van der Waals surface area (Å²) in [5.41, 5.74) is 6.39. The highest BCUT2D eigenvalue weighted by Crippen LogP contribution is 2.23. The van der Waals surface area contributed by atoms with Gasteiger partial charge in [-0.15, -0.1) is 0 Å². The van der Waals surface area contributed by atoms with Gasteiger partial charge < -0.3 is 16.4 Å². The Bertz CT molecular complexity index is 730. The van der Waals surface area contributed by atoms with Gasteiger partial charge in [0.15, 0.2) is 11.6 Å². The zero-order valence-electron chi connectivity index (χ0n) is 13.1. The topological polar surface area (TPSA) is 123 Å². The number of aryl methyl sites for hydroxylation is 1. The van der Waals surface area contributed by atoms with Crippen LogP contribution < -0.4 is 16.4 Å². The van der Waals surface area contributed by atoms with Gasteiger partial charge in [-0.25, -0.2) is 9.97 Å². The quantitative estimate of drug-likeness (QED) is 0.660. The molecule has 2 aromatic rings. The van der Waals surface area contributed by atoms with E-state index in [0.29, 0.717) is 18.1 Å². The summed E-state index contributed by atoms with van der Waals surface area (Å²) in [5, 5.41) is 6.70. The Balaban J connectivity index is 2.31. The molecule has 1 amide bonds. The molecule has 0 fully saturated rings. The fourth-order valence-electron chi connectivity index (χ4n) is 1.90. The lowest BCUT2D eigenvalue weighted by molar-refractivity contribution is -0.118. The van der Waals surface area contributed by atoms with Crippen LogP contribution in [0.4, 0.5) is 16.6 Å². The van der Waals surface area contributed by atoms with Crippen LogP contribution in [0.5, 0.6) is 0 Å². The molecule has 8 nitrogen and oxygen atoms in total. The molecule has 1 unspecified atom stereocenters. The van der Waals surface area contributed by atoms with Crippen LogP contribution in [0.15, 0.2) is 12.3 Å². The largest absolute Gasteiger partial charge is 0.368 e. The Morgan fingerprint density at radius 1 is 1.43 bits per heavy atom. The minimum absolute atomic E-state index is 0.213. The van der Waals surface area contributed by atoms with Gasteiger partial charge in [0, 0.05) is 6.92 Å². The Hall–Kier alpha value is -2.55. The minimum atomic E-state index is -0.550. The van der Waals surface area contributed by atoms with E-state index < -0.39 is 11.9 Å². The van der Waals surface area contributed by atoms with Gasteiger partial charge >= 0.3 is 0 Å². The number of carbonyl (C=O) groups excluding carboxylic acids is 2. The second-order valence-corrected chi connectivity index (χ2v) is 5.78. The summed E-state index contributed by atoms with van der Waals surface area (Å²) >= 11 is 1.26. The highest BCUT2D eigenvalue weighted by Gasteiger charge is 2.17. The molecule has 0 aromatic carbocycles. The van der Waals surface area contributed by atoms with Crippen molar-refractivity contribution < 1.29 is 9.59 Å². The van der Waals surface area contributed by atoms with Crippen molar-refractivity contribution in [3.05, 3.63) is 23.7 Å². The molecule has 4 N–H and O–H groups in total. The first-order chi connectivity index (χ1) is 10.9. The molecule has 9 heteroatoms. The molecule has 2 heterocycles. The summed E-state index contributed by atoms with van der Waals surface area (Å²) in [4.78, 5) is 31.5. The first-order valence-corrected chi connectivity index (χ1v) is 7.82. The fraction of sp³-hybridized carbons (Fsp3) is 0.357. The molecule has 0 aliphatic heterocycles. The molecule has 23 heavy (non-hydrogen) atoms. The van der Waals surface area contributed by atoms with E-state index in [2.05, 4.69) is 25.0 Å². The Labute approximate surface area is 137 Å². The summed E-state index contributed by atoms with van der Waals surface area (Å²) in [5.74, 6) is -0.0119. The van der Waals surface area contributed by atoms with E-state index in [1.807, 2.05) is 19.9 Å². The first-order valence-electron chi connectivity index (χ1n) is 7.04. The lowest BCUT2D eigenvalue weighted by atomic mass is 10.2. The second kappa shape index (κ2) is 7.14. The summed E-state index contributed by atoms with van der Waals surface area (Å²) in [7, 11) is 0. The minimum Gasteiger partial charge on any atom is -0.368 e. The summed E-state index contributed by atoms with van der Waals surface area (Å²) in [6.45, 7) is 5.12. The summed E-state index contributed by atoms with van der Waals surface area (Å²) in [6.07, 6.45) is 1.92. The van der Waals surface area contributed by atoms with Crippen molar-refractivity contribution >= 4 is 39.9 Å². The van der Waals surface area contributed by atoms with E-state index in [9.17, 15) is 9.59 Å². The van der Waals surface area contributed by atoms with Gasteiger partial charge in [-0.2, -0.15) is 4.37 Å².